The maximum atomic E-state index is 12.1. The lowest BCUT2D eigenvalue weighted by Crippen LogP contribution is -2.54. The first-order valence-electron chi connectivity index (χ1n) is 7.67. The number of carbonyl (C=O) groups is 1. The van der Waals surface area contributed by atoms with E-state index in [1.807, 2.05) is 6.92 Å². The highest BCUT2D eigenvalue weighted by Crippen LogP contribution is 2.32. The van der Waals surface area contributed by atoms with Crippen molar-refractivity contribution in [1.82, 2.24) is 5.32 Å². The minimum Gasteiger partial charge on any atom is -0.352 e. The zero-order chi connectivity index (χ0) is 14.6. The lowest BCUT2D eigenvalue weighted by atomic mass is 9.81. The van der Waals surface area contributed by atoms with E-state index in [2.05, 4.69) is 35.6 Å². The molecule has 110 valence electrons. The van der Waals surface area contributed by atoms with E-state index in [-0.39, 0.29) is 11.9 Å². The molecule has 0 heterocycles. The average Bonchev–Trinajstić information content (AvgIpc) is 2.49. The molecule has 3 nitrogen and oxygen atoms in total. The number of benzene rings is 1. The molecule has 0 radical (unpaired) electrons. The van der Waals surface area contributed by atoms with Crippen molar-refractivity contribution in [3.8, 4) is 0 Å². The summed E-state index contributed by atoms with van der Waals surface area (Å²) < 4.78 is 0. The van der Waals surface area contributed by atoms with Gasteiger partial charge in [0.05, 0.1) is 5.54 Å². The molecule has 1 aliphatic carbocycles. The van der Waals surface area contributed by atoms with Gasteiger partial charge in [-0.3, -0.25) is 4.79 Å². The van der Waals surface area contributed by atoms with Crippen LogP contribution in [0.2, 0.25) is 0 Å². The van der Waals surface area contributed by atoms with Crippen molar-refractivity contribution < 1.29 is 4.79 Å². The van der Waals surface area contributed by atoms with Crippen molar-refractivity contribution in [3.63, 3.8) is 0 Å². The maximum Gasteiger partial charge on any atom is 0.239 e. The van der Waals surface area contributed by atoms with Crippen LogP contribution in [0, 0.1) is 0 Å². The van der Waals surface area contributed by atoms with Crippen LogP contribution in [0.15, 0.2) is 30.3 Å². The lowest BCUT2D eigenvalue weighted by molar-refractivity contribution is -0.126. The molecule has 1 amide bonds. The van der Waals surface area contributed by atoms with Crippen LogP contribution in [0.4, 0.5) is 0 Å². The van der Waals surface area contributed by atoms with Crippen molar-refractivity contribution in [3.05, 3.63) is 35.9 Å². The molecular weight excluding hydrogens is 248 g/mol. The van der Waals surface area contributed by atoms with Crippen LogP contribution in [0.5, 0.6) is 0 Å². The number of hydrogen-bond acceptors (Lipinski definition) is 2. The molecule has 20 heavy (non-hydrogen) atoms. The van der Waals surface area contributed by atoms with Crippen LogP contribution in [0.3, 0.4) is 0 Å². The number of nitrogens with two attached hydrogens (primary N) is 1. The minimum absolute atomic E-state index is 0.0110. The summed E-state index contributed by atoms with van der Waals surface area (Å²) in [5.74, 6) is 0.628. The van der Waals surface area contributed by atoms with E-state index in [1.165, 1.54) is 5.56 Å². The first-order valence-corrected chi connectivity index (χ1v) is 7.67. The lowest BCUT2D eigenvalue weighted by Gasteiger charge is -2.32. The second-order valence-electron chi connectivity index (χ2n) is 6.20. The monoisotopic (exact) mass is 274 g/mol. The quantitative estimate of drug-likeness (QED) is 0.887. The Bertz CT molecular complexity index is 434. The van der Waals surface area contributed by atoms with E-state index in [9.17, 15) is 4.79 Å². The minimum atomic E-state index is -0.740. The topological polar surface area (TPSA) is 55.1 Å². The van der Waals surface area contributed by atoms with Crippen LogP contribution in [-0.4, -0.2) is 17.5 Å². The fraction of sp³-hybridized carbons (Fsp3) is 0.588. The fourth-order valence-corrected chi connectivity index (χ4v) is 2.81. The van der Waals surface area contributed by atoms with E-state index in [4.69, 9.17) is 5.73 Å². The Hall–Kier alpha value is -1.35. The maximum absolute atomic E-state index is 12.1. The molecule has 1 fully saturated rings. The van der Waals surface area contributed by atoms with Crippen LogP contribution >= 0.6 is 0 Å². The standard InChI is InChI=1S/C17H26N2O/c1-3-17(2,18)16(20)19-15-11-9-14(10-12-15)13-7-5-4-6-8-13/h4-8,14-15H,3,9-12,18H2,1-2H3,(H,19,20). The van der Waals surface area contributed by atoms with Gasteiger partial charge in [0, 0.05) is 6.04 Å². The Morgan fingerprint density at radius 3 is 2.40 bits per heavy atom. The number of carbonyl (C=O) groups excluding carboxylic acids is 1. The Kier molecular flexibility index (Phi) is 4.81. The van der Waals surface area contributed by atoms with Gasteiger partial charge in [0.1, 0.15) is 0 Å². The van der Waals surface area contributed by atoms with Crippen molar-refractivity contribution in [2.45, 2.75) is 63.5 Å². The molecular formula is C17H26N2O. The highest BCUT2D eigenvalue weighted by molar-refractivity contribution is 5.85. The molecule has 1 unspecified atom stereocenters. The van der Waals surface area contributed by atoms with Gasteiger partial charge in [-0.05, 0) is 50.5 Å². The van der Waals surface area contributed by atoms with Gasteiger partial charge in [-0.1, -0.05) is 37.3 Å². The second-order valence-corrected chi connectivity index (χ2v) is 6.20. The highest BCUT2D eigenvalue weighted by atomic mass is 16.2. The van der Waals surface area contributed by atoms with E-state index in [0.717, 1.165) is 25.7 Å². The Balaban J connectivity index is 1.85. The van der Waals surface area contributed by atoms with Crippen LogP contribution in [-0.2, 0) is 4.79 Å². The Morgan fingerprint density at radius 1 is 1.25 bits per heavy atom. The molecule has 3 heteroatoms. The molecule has 1 atom stereocenters. The van der Waals surface area contributed by atoms with Crippen molar-refractivity contribution in [2.24, 2.45) is 5.73 Å². The summed E-state index contributed by atoms with van der Waals surface area (Å²) in [4.78, 5) is 12.1. The molecule has 0 aromatic heterocycles. The van der Waals surface area contributed by atoms with Crippen LogP contribution in [0.25, 0.3) is 0 Å². The number of hydrogen-bond donors (Lipinski definition) is 2. The van der Waals surface area contributed by atoms with E-state index < -0.39 is 5.54 Å². The SMILES string of the molecule is CCC(C)(N)C(=O)NC1CCC(c2ccccc2)CC1. The second kappa shape index (κ2) is 6.40. The van der Waals surface area contributed by atoms with E-state index in [1.54, 1.807) is 6.92 Å². The Labute approximate surface area is 121 Å². The molecule has 1 aromatic carbocycles. The highest BCUT2D eigenvalue weighted by Gasteiger charge is 2.30. The van der Waals surface area contributed by atoms with Gasteiger partial charge >= 0.3 is 0 Å². The zero-order valence-electron chi connectivity index (χ0n) is 12.6. The largest absolute Gasteiger partial charge is 0.352 e. The van der Waals surface area contributed by atoms with Crippen LogP contribution < -0.4 is 11.1 Å². The number of nitrogens with one attached hydrogen (secondary N) is 1. The van der Waals surface area contributed by atoms with Gasteiger partial charge in [-0.15, -0.1) is 0 Å². The molecule has 2 rings (SSSR count). The molecule has 0 spiro atoms. The molecule has 1 aromatic rings. The van der Waals surface area contributed by atoms with Crippen LogP contribution in [0.1, 0.15) is 57.4 Å². The predicted molar refractivity (Wildman–Crippen MR) is 82.5 cm³/mol. The van der Waals surface area contributed by atoms with Gasteiger partial charge in [0.15, 0.2) is 0 Å². The number of amides is 1. The summed E-state index contributed by atoms with van der Waals surface area (Å²) in [6.45, 7) is 3.75. The molecule has 0 saturated heterocycles. The first-order chi connectivity index (χ1) is 9.53. The first kappa shape index (κ1) is 15.0. The summed E-state index contributed by atoms with van der Waals surface area (Å²) in [5.41, 5.74) is 6.67. The van der Waals surface area contributed by atoms with E-state index in [0.29, 0.717) is 12.3 Å². The van der Waals surface area contributed by atoms with Crippen molar-refractivity contribution >= 4 is 5.91 Å². The van der Waals surface area contributed by atoms with Gasteiger partial charge in [-0.25, -0.2) is 0 Å². The molecule has 3 N–H and O–H groups in total. The summed E-state index contributed by atoms with van der Waals surface area (Å²) in [6.07, 6.45) is 5.04. The van der Waals surface area contributed by atoms with Gasteiger partial charge in [-0.2, -0.15) is 0 Å². The Morgan fingerprint density at radius 2 is 1.85 bits per heavy atom. The molecule has 1 saturated carbocycles. The molecule has 1 aliphatic rings. The fourth-order valence-electron chi connectivity index (χ4n) is 2.81. The van der Waals surface area contributed by atoms with Crippen molar-refractivity contribution in [1.29, 1.82) is 0 Å². The summed E-state index contributed by atoms with van der Waals surface area (Å²) in [6, 6.07) is 11.0. The van der Waals surface area contributed by atoms with E-state index >= 15 is 0 Å². The van der Waals surface area contributed by atoms with Crippen molar-refractivity contribution in [2.75, 3.05) is 0 Å². The summed E-state index contributed by atoms with van der Waals surface area (Å²) in [7, 11) is 0. The number of rotatable bonds is 4. The molecule has 0 aliphatic heterocycles. The van der Waals surface area contributed by atoms with Gasteiger partial charge < -0.3 is 11.1 Å². The smallest absolute Gasteiger partial charge is 0.239 e. The summed E-state index contributed by atoms with van der Waals surface area (Å²) in [5, 5.41) is 3.12. The third kappa shape index (κ3) is 3.60. The average molecular weight is 274 g/mol. The zero-order valence-corrected chi connectivity index (χ0v) is 12.6. The molecule has 0 bridgehead atoms. The summed E-state index contributed by atoms with van der Waals surface area (Å²) >= 11 is 0. The third-order valence-corrected chi connectivity index (χ3v) is 4.59. The predicted octanol–water partition coefficient (Wildman–Crippen LogP) is 2.96. The van der Waals surface area contributed by atoms with Gasteiger partial charge in [0.25, 0.3) is 0 Å². The normalized spacial score (nSPS) is 25.8. The van der Waals surface area contributed by atoms with Gasteiger partial charge in [0.2, 0.25) is 5.91 Å². The third-order valence-electron chi connectivity index (χ3n) is 4.59.